The molecule has 2 atom stereocenters. The Morgan fingerprint density at radius 2 is 2.00 bits per heavy atom. The summed E-state index contributed by atoms with van der Waals surface area (Å²) in [7, 11) is 1.53. The quantitative estimate of drug-likeness (QED) is 0.842. The predicted molar refractivity (Wildman–Crippen MR) is 79.4 cm³/mol. The maximum absolute atomic E-state index is 13.9. The van der Waals surface area contributed by atoms with Gasteiger partial charge in [-0.3, -0.25) is 0 Å². The van der Waals surface area contributed by atoms with Gasteiger partial charge in [0.1, 0.15) is 11.6 Å². The minimum atomic E-state index is -0.449. The van der Waals surface area contributed by atoms with Crippen LogP contribution in [-0.2, 0) is 0 Å². The van der Waals surface area contributed by atoms with E-state index in [0.29, 0.717) is 24.3 Å². The lowest BCUT2D eigenvalue weighted by molar-refractivity contribution is 0.117. The van der Waals surface area contributed by atoms with Gasteiger partial charge in [-0.05, 0) is 30.9 Å². The number of methoxy groups -OCH3 is 1. The first kappa shape index (κ1) is 16.9. The van der Waals surface area contributed by atoms with Gasteiger partial charge >= 0.3 is 0 Å². The van der Waals surface area contributed by atoms with Crippen LogP contribution in [0, 0.1) is 11.2 Å². The zero-order valence-electron chi connectivity index (χ0n) is 13.0. The number of halogens is 1. The van der Waals surface area contributed by atoms with Gasteiger partial charge < -0.3 is 15.2 Å². The van der Waals surface area contributed by atoms with E-state index in [1.807, 2.05) is 6.92 Å². The van der Waals surface area contributed by atoms with Crippen molar-refractivity contribution in [1.82, 2.24) is 5.32 Å². The van der Waals surface area contributed by atoms with Crippen molar-refractivity contribution in [3.63, 3.8) is 0 Å². The van der Waals surface area contributed by atoms with Crippen LogP contribution in [0.4, 0.5) is 4.39 Å². The number of ether oxygens (including phenoxy) is 1. The van der Waals surface area contributed by atoms with Gasteiger partial charge in [0.15, 0.2) is 0 Å². The Kier molecular flexibility index (Phi) is 5.96. The highest BCUT2D eigenvalue weighted by Crippen LogP contribution is 2.28. The fourth-order valence-electron chi connectivity index (χ4n) is 2.31. The number of aliphatic hydroxyl groups excluding tert-OH is 1. The lowest BCUT2D eigenvalue weighted by Gasteiger charge is -2.24. The Hall–Kier alpha value is -1.13. The summed E-state index contributed by atoms with van der Waals surface area (Å²) in [5.74, 6) is 0.227. The van der Waals surface area contributed by atoms with Crippen molar-refractivity contribution in [2.24, 2.45) is 5.41 Å². The second-order valence-electron chi connectivity index (χ2n) is 6.40. The summed E-state index contributed by atoms with van der Waals surface area (Å²) < 4.78 is 19.1. The molecule has 0 aliphatic carbocycles. The number of hydrogen-bond donors (Lipinski definition) is 2. The van der Waals surface area contributed by atoms with Crippen LogP contribution in [-0.4, -0.2) is 24.9 Å². The van der Waals surface area contributed by atoms with E-state index >= 15 is 0 Å². The molecule has 4 heteroatoms. The van der Waals surface area contributed by atoms with Crippen LogP contribution in [0.3, 0.4) is 0 Å². The van der Waals surface area contributed by atoms with Crippen molar-refractivity contribution in [3.8, 4) is 5.75 Å². The number of aliphatic hydroxyl groups is 1. The van der Waals surface area contributed by atoms with Gasteiger partial charge in [0.05, 0.1) is 13.2 Å². The van der Waals surface area contributed by atoms with Crippen LogP contribution < -0.4 is 10.1 Å². The zero-order chi connectivity index (χ0) is 15.3. The van der Waals surface area contributed by atoms with Crippen LogP contribution in [0.25, 0.3) is 0 Å². The molecule has 0 aliphatic heterocycles. The molecule has 2 N–H and O–H groups in total. The van der Waals surface area contributed by atoms with Crippen LogP contribution in [0.2, 0.25) is 0 Å². The smallest absolute Gasteiger partial charge is 0.131 e. The van der Waals surface area contributed by atoms with Gasteiger partial charge in [-0.15, -0.1) is 0 Å². The largest absolute Gasteiger partial charge is 0.496 e. The predicted octanol–water partition coefficient (Wildman–Crippen LogP) is 3.28. The third kappa shape index (κ3) is 5.10. The molecule has 0 amide bonds. The van der Waals surface area contributed by atoms with Crippen LogP contribution in [0.1, 0.15) is 45.7 Å². The summed E-state index contributed by atoms with van der Waals surface area (Å²) in [5, 5.41) is 13.2. The van der Waals surface area contributed by atoms with Crippen LogP contribution in [0.5, 0.6) is 5.75 Å². The van der Waals surface area contributed by atoms with Crippen LogP contribution >= 0.6 is 0 Å². The molecule has 1 rings (SSSR count). The lowest BCUT2D eigenvalue weighted by Crippen LogP contribution is -2.32. The summed E-state index contributed by atoms with van der Waals surface area (Å²) in [6, 6.07) is 4.56. The third-order valence-electron chi connectivity index (χ3n) is 3.17. The molecule has 0 bridgehead atoms. The Morgan fingerprint density at radius 3 is 2.55 bits per heavy atom. The first-order valence-electron chi connectivity index (χ1n) is 6.98. The standard InChI is InChI=1S/C16H26FNO2/c1-11(18-10-12(19)9-16(2,3)4)15-13(17)7-6-8-14(15)20-5/h6-8,11-12,18-19H,9-10H2,1-5H3. The van der Waals surface area contributed by atoms with Crippen molar-refractivity contribution >= 4 is 0 Å². The Bertz CT molecular complexity index is 429. The van der Waals surface area contributed by atoms with E-state index < -0.39 is 6.10 Å². The Morgan fingerprint density at radius 1 is 1.35 bits per heavy atom. The highest BCUT2D eigenvalue weighted by Gasteiger charge is 2.20. The number of rotatable bonds is 6. The summed E-state index contributed by atoms with van der Waals surface area (Å²) in [6.45, 7) is 8.54. The third-order valence-corrected chi connectivity index (χ3v) is 3.17. The lowest BCUT2D eigenvalue weighted by atomic mass is 9.89. The van der Waals surface area contributed by atoms with Crippen molar-refractivity contribution in [2.45, 2.75) is 46.3 Å². The first-order chi connectivity index (χ1) is 9.24. The molecule has 0 saturated heterocycles. The topological polar surface area (TPSA) is 41.5 Å². The monoisotopic (exact) mass is 283 g/mol. The maximum Gasteiger partial charge on any atom is 0.131 e. The molecule has 0 aliphatic rings. The van der Waals surface area contributed by atoms with Gasteiger partial charge in [0.25, 0.3) is 0 Å². The van der Waals surface area contributed by atoms with E-state index in [2.05, 4.69) is 26.1 Å². The molecule has 0 aromatic heterocycles. The Labute approximate surface area is 121 Å². The minimum absolute atomic E-state index is 0.0695. The fraction of sp³-hybridized carbons (Fsp3) is 0.625. The molecule has 0 fully saturated rings. The highest BCUT2D eigenvalue weighted by molar-refractivity contribution is 5.36. The molecule has 1 aromatic rings. The van der Waals surface area contributed by atoms with E-state index in [-0.39, 0.29) is 17.3 Å². The molecule has 0 spiro atoms. The SMILES string of the molecule is COc1cccc(F)c1C(C)NCC(O)CC(C)(C)C. The molecule has 20 heavy (non-hydrogen) atoms. The first-order valence-corrected chi connectivity index (χ1v) is 6.98. The average molecular weight is 283 g/mol. The van der Waals surface area contributed by atoms with E-state index in [9.17, 15) is 9.50 Å². The fourth-order valence-corrected chi connectivity index (χ4v) is 2.31. The van der Waals surface area contributed by atoms with E-state index in [4.69, 9.17) is 4.74 Å². The molecular formula is C16H26FNO2. The second kappa shape index (κ2) is 7.04. The summed E-state index contributed by atoms with van der Waals surface area (Å²) in [4.78, 5) is 0. The number of benzene rings is 1. The van der Waals surface area contributed by atoms with E-state index in [1.165, 1.54) is 13.2 Å². The highest BCUT2D eigenvalue weighted by atomic mass is 19.1. The van der Waals surface area contributed by atoms with Gasteiger partial charge in [-0.1, -0.05) is 26.8 Å². The van der Waals surface area contributed by atoms with Crippen molar-refractivity contribution in [1.29, 1.82) is 0 Å². The molecule has 2 unspecified atom stereocenters. The van der Waals surface area contributed by atoms with Gasteiger partial charge in [-0.2, -0.15) is 0 Å². The molecule has 0 heterocycles. The molecule has 3 nitrogen and oxygen atoms in total. The molecule has 0 radical (unpaired) electrons. The van der Waals surface area contributed by atoms with Crippen molar-refractivity contribution in [3.05, 3.63) is 29.6 Å². The maximum atomic E-state index is 13.9. The number of nitrogens with one attached hydrogen (secondary N) is 1. The summed E-state index contributed by atoms with van der Waals surface area (Å²) in [6.07, 6.45) is 0.247. The zero-order valence-corrected chi connectivity index (χ0v) is 13.0. The van der Waals surface area contributed by atoms with E-state index in [1.54, 1.807) is 12.1 Å². The normalized spacial score (nSPS) is 14.9. The summed E-state index contributed by atoms with van der Waals surface area (Å²) >= 11 is 0. The minimum Gasteiger partial charge on any atom is -0.496 e. The van der Waals surface area contributed by atoms with E-state index in [0.717, 1.165) is 0 Å². The number of hydrogen-bond acceptors (Lipinski definition) is 3. The molecule has 114 valence electrons. The van der Waals surface area contributed by atoms with Crippen molar-refractivity contribution < 1.29 is 14.2 Å². The average Bonchev–Trinajstić information content (AvgIpc) is 2.33. The van der Waals surface area contributed by atoms with Crippen molar-refractivity contribution in [2.75, 3.05) is 13.7 Å². The van der Waals surface area contributed by atoms with Gasteiger partial charge in [0, 0.05) is 18.2 Å². The molecular weight excluding hydrogens is 257 g/mol. The molecule has 1 aromatic carbocycles. The summed E-state index contributed by atoms with van der Waals surface area (Å²) in [5.41, 5.74) is 0.568. The van der Waals surface area contributed by atoms with Gasteiger partial charge in [0.2, 0.25) is 0 Å². The van der Waals surface area contributed by atoms with Gasteiger partial charge in [-0.25, -0.2) is 4.39 Å². The Balaban J connectivity index is 2.66. The second-order valence-corrected chi connectivity index (χ2v) is 6.40. The van der Waals surface area contributed by atoms with Crippen LogP contribution in [0.15, 0.2) is 18.2 Å². The molecule has 0 saturated carbocycles.